The standard InChI is InChI=1S/C19H31BrN2O.2ClH/c1-3-8-19(23,9-4-2)18(15-22-12-10-21-11-13-22)16-6-5-7-17(20)14-16;;/h5-7,14,18,21,23H,3-4,8-13,15H2,1-2H3;2*1H. The van der Waals surface area contributed by atoms with Crippen molar-refractivity contribution in [1.29, 1.82) is 0 Å². The summed E-state index contributed by atoms with van der Waals surface area (Å²) < 4.78 is 1.09. The summed E-state index contributed by atoms with van der Waals surface area (Å²) in [7, 11) is 0. The molecule has 0 bridgehead atoms. The van der Waals surface area contributed by atoms with E-state index in [1.807, 2.05) is 0 Å². The van der Waals surface area contributed by atoms with Gasteiger partial charge in [-0.3, -0.25) is 0 Å². The number of hydrogen-bond donors (Lipinski definition) is 2. The molecule has 1 unspecified atom stereocenters. The van der Waals surface area contributed by atoms with Crippen molar-refractivity contribution >= 4 is 40.7 Å². The fourth-order valence-corrected chi connectivity index (χ4v) is 4.22. The number of aliphatic hydroxyl groups is 1. The fourth-order valence-electron chi connectivity index (χ4n) is 3.80. The van der Waals surface area contributed by atoms with Crippen LogP contribution in [0.2, 0.25) is 0 Å². The van der Waals surface area contributed by atoms with Crippen LogP contribution in [0.25, 0.3) is 0 Å². The highest BCUT2D eigenvalue weighted by Gasteiger charge is 2.37. The van der Waals surface area contributed by atoms with E-state index in [0.29, 0.717) is 0 Å². The normalized spacial score (nSPS) is 16.6. The lowest BCUT2D eigenvalue weighted by Crippen LogP contribution is -2.49. The van der Waals surface area contributed by atoms with Gasteiger partial charge in [-0.1, -0.05) is 54.8 Å². The molecule has 1 saturated heterocycles. The van der Waals surface area contributed by atoms with Gasteiger partial charge in [-0.05, 0) is 30.5 Å². The fraction of sp³-hybridized carbons (Fsp3) is 0.684. The molecule has 1 atom stereocenters. The average molecular weight is 456 g/mol. The molecule has 0 aromatic heterocycles. The second-order valence-corrected chi connectivity index (χ2v) is 7.68. The predicted molar refractivity (Wildman–Crippen MR) is 115 cm³/mol. The molecule has 1 aliphatic rings. The van der Waals surface area contributed by atoms with Gasteiger partial charge in [0, 0.05) is 43.1 Å². The average Bonchev–Trinajstić information content (AvgIpc) is 2.54. The third kappa shape index (κ3) is 7.36. The minimum absolute atomic E-state index is 0. The second-order valence-electron chi connectivity index (χ2n) is 6.76. The molecular formula is C19H33BrCl2N2O. The van der Waals surface area contributed by atoms with Gasteiger partial charge in [-0.25, -0.2) is 0 Å². The van der Waals surface area contributed by atoms with Crippen LogP contribution in [-0.2, 0) is 0 Å². The van der Waals surface area contributed by atoms with Crippen LogP contribution in [0, 0.1) is 0 Å². The summed E-state index contributed by atoms with van der Waals surface area (Å²) in [6.45, 7) is 9.51. The molecule has 1 aliphatic heterocycles. The molecule has 0 amide bonds. The highest BCUT2D eigenvalue weighted by atomic mass is 79.9. The Morgan fingerprint density at radius 3 is 2.28 bits per heavy atom. The zero-order valence-electron chi connectivity index (χ0n) is 15.3. The summed E-state index contributed by atoms with van der Waals surface area (Å²) in [5, 5.41) is 14.9. The topological polar surface area (TPSA) is 35.5 Å². The van der Waals surface area contributed by atoms with E-state index in [1.165, 1.54) is 5.56 Å². The van der Waals surface area contributed by atoms with E-state index >= 15 is 0 Å². The number of rotatable bonds is 8. The molecule has 146 valence electrons. The van der Waals surface area contributed by atoms with Crippen molar-refractivity contribution in [3.8, 4) is 0 Å². The minimum atomic E-state index is -0.616. The third-order valence-corrected chi connectivity index (χ3v) is 5.41. The quantitative estimate of drug-likeness (QED) is 0.600. The Bertz CT molecular complexity index is 478. The molecule has 0 saturated carbocycles. The van der Waals surface area contributed by atoms with Gasteiger partial charge >= 0.3 is 0 Å². The summed E-state index contributed by atoms with van der Waals surface area (Å²) in [5.74, 6) is 0.165. The number of nitrogens with zero attached hydrogens (tertiary/aromatic N) is 1. The smallest absolute Gasteiger partial charge is 0.0728 e. The van der Waals surface area contributed by atoms with Crippen molar-refractivity contribution < 1.29 is 5.11 Å². The molecule has 2 N–H and O–H groups in total. The summed E-state index contributed by atoms with van der Waals surface area (Å²) in [6, 6.07) is 8.50. The molecule has 6 heteroatoms. The molecule has 1 aromatic carbocycles. The summed E-state index contributed by atoms with van der Waals surface area (Å²) in [4.78, 5) is 2.50. The van der Waals surface area contributed by atoms with E-state index in [9.17, 15) is 5.11 Å². The molecule has 1 fully saturated rings. The summed E-state index contributed by atoms with van der Waals surface area (Å²) in [6.07, 6.45) is 3.76. The third-order valence-electron chi connectivity index (χ3n) is 4.92. The Morgan fingerprint density at radius 2 is 1.76 bits per heavy atom. The van der Waals surface area contributed by atoms with Gasteiger partial charge in [0.1, 0.15) is 0 Å². The minimum Gasteiger partial charge on any atom is -0.389 e. The number of hydrogen-bond acceptors (Lipinski definition) is 3. The molecule has 25 heavy (non-hydrogen) atoms. The van der Waals surface area contributed by atoms with Gasteiger partial charge in [0.15, 0.2) is 0 Å². The lowest BCUT2D eigenvalue weighted by atomic mass is 9.76. The van der Waals surface area contributed by atoms with E-state index in [1.54, 1.807) is 0 Å². The number of benzene rings is 1. The van der Waals surface area contributed by atoms with Gasteiger partial charge in [0.2, 0.25) is 0 Å². The largest absolute Gasteiger partial charge is 0.389 e. The monoisotopic (exact) mass is 454 g/mol. The van der Waals surface area contributed by atoms with Gasteiger partial charge < -0.3 is 15.3 Å². The number of nitrogens with one attached hydrogen (secondary N) is 1. The number of halogens is 3. The van der Waals surface area contributed by atoms with Crippen LogP contribution in [0.15, 0.2) is 28.7 Å². The maximum Gasteiger partial charge on any atom is 0.0728 e. The zero-order chi connectivity index (χ0) is 16.7. The van der Waals surface area contributed by atoms with Crippen molar-refractivity contribution in [3.05, 3.63) is 34.3 Å². The molecule has 1 aromatic rings. The van der Waals surface area contributed by atoms with E-state index in [0.717, 1.165) is 62.9 Å². The van der Waals surface area contributed by atoms with Crippen molar-refractivity contribution in [1.82, 2.24) is 10.2 Å². The van der Waals surface area contributed by atoms with Gasteiger partial charge in [0.25, 0.3) is 0 Å². The molecule has 2 rings (SSSR count). The van der Waals surface area contributed by atoms with E-state index in [2.05, 4.69) is 64.3 Å². The van der Waals surface area contributed by atoms with Crippen LogP contribution in [0.4, 0.5) is 0 Å². The van der Waals surface area contributed by atoms with Crippen LogP contribution < -0.4 is 5.32 Å². The van der Waals surface area contributed by atoms with Crippen molar-refractivity contribution in [2.24, 2.45) is 0 Å². The Kier molecular flexibility index (Phi) is 12.6. The summed E-state index contributed by atoms with van der Waals surface area (Å²) >= 11 is 3.60. The van der Waals surface area contributed by atoms with Crippen LogP contribution in [-0.4, -0.2) is 48.3 Å². The Balaban J connectivity index is 0.00000288. The van der Waals surface area contributed by atoms with Crippen LogP contribution in [0.5, 0.6) is 0 Å². The maximum absolute atomic E-state index is 11.5. The zero-order valence-corrected chi connectivity index (χ0v) is 18.6. The molecule has 1 heterocycles. The van der Waals surface area contributed by atoms with Crippen LogP contribution in [0.1, 0.15) is 51.0 Å². The maximum atomic E-state index is 11.5. The lowest BCUT2D eigenvalue weighted by molar-refractivity contribution is -0.0174. The second kappa shape index (κ2) is 12.5. The van der Waals surface area contributed by atoms with Crippen LogP contribution in [0.3, 0.4) is 0 Å². The highest BCUT2D eigenvalue weighted by Crippen LogP contribution is 2.37. The first kappa shape index (κ1) is 25.2. The van der Waals surface area contributed by atoms with Crippen molar-refractivity contribution in [2.45, 2.75) is 51.0 Å². The molecule has 3 nitrogen and oxygen atoms in total. The van der Waals surface area contributed by atoms with Gasteiger partial charge in [0.05, 0.1) is 5.60 Å². The summed E-state index contributed by atoms with van der Waals surface area (Å²) in [5.41, 5.74) is 0.636. The Labute approximate surface area is 173 Å². The first-order chi connectivity index (χ1) is 11.1. The number of piperazine rings is 1. The predicted octanol–water partition coefficient (Wildman–Crippen LogP) is 4.61. The van der Waals surface area contributed by atoms with Crippen molar-refractivity contribution in [2.75, 3.05) is 32.7 Å². The highest BCUT2D eigenvalue weighted by molar-refractivity contribution is 9.10. The molecular weight excluding hydrogens is 423 g/mol. The van der Waals surface area contributed by atoms with E-state index < -0.39 is 5.60 Å². The SMILES string of the molecule is CCCC(O)(CCC)C(CN1CCNCC1)c1cccc(Br)c1.Cl.Cl. The lowest BCUT2D eigenvalue weighted by Gasteiger charge is -2.40. The molecule has 0 spiro atoms. The van der Waals surface area contributed by atoms with Gasteiger partial charge in [-0.15, -0.1) is 24.8 Å². The molecule has 0 radical (unpaired) electrons. The Morgan fingerprint density at radius 1 is 1.16 bits per heavy atom. The van der Waals surface area contributed by atoms with Crippen molar-refractivity contribution in [3.63, 3.8) is 0 Å². The van der Waals surface area contributed by atoms with Crippen LogP contribution >= 0.6 is 40.7 Å². The van der Waals surface area contributed by atoms with Gasteiger partial charge in [-0.2, -0.15) is 0 Å². The first-order valence-corrected chi connectivity index (χ1v) is 9.79. The molecule has 0 aliphatic carbocycles. The van der Waals surface area contributed by atoms with E-state index in [4.69, 9.17) is 0 Å². The Hall–Kier alpha value is 0.160. The van der Waals surface area contributed by atoms with E-state index in [-0.39, 0.29) is 30.7 Å². The first-order valence-electron chi connectivity index (χ1n) is 9.00.